The number of hydrogen-bond donors (Lipinski definition) is 2. The maximum absolute atomic E-state index is 13.1. The summed E-state index contributed by atoms with van der Waals surface area (Å²) < 4.78 is 0. The van der Waals surface area contributed by atoms with E-state index in [1.807, 2.05) is 53.4 Å². The molecule has 184 valence electrons. The van der Waals surface area contributed by atoms with Crippen LogP contribution in [0.15, 0.2) is 48.5 Å². The maximum atomic E-state index is 13.1. The molecular formula is C26H32N6O2S. The molecule has 9 heteroatoms. The molecule has 4 rings (SSSR count). The molecule has 0 radical (unpaired) electrons. The highest BCUT2D eigenvalue weighted by molar-refractivity contribution is 7.18. The average Bonchev–Trinajstić information content (AvgIpc) is 3.25. The highest BCUT2D eigenvalue weighted by Crippen LogP contribution is 2.31. The molecule has 0 aliphatic carbocycles. The molecule has 0 spiro atoms. The summed E-state index contributed by atoms with van der Waals surface area (Å²) in [5, 5.41) is 3.84. The van der Waals surface area contributed by atoms with Crippen LogP contribution in [0.25, 0.3) is 0 Å². The fourth-order valence-corrected chi connectivity index (χ4v) is 5.12. The Hall–Kier alpha value is -3.59. The summed E-state index contributed by atoms with van der Waals surface area (Å²) in [7, 11) is 0. The number of nitrogens with zero attached hydrogens (tertiary/aromatic N) is 4. The molecule has 1 saturated heterocycles. The highest BCUT2D eigenvalue weighted by atomic mass is 32.1. The first kappa shape index (κ1) is 24.5. The molecule has 1 aliphatic rings. The third-order valence-electron chi connectivity index (χ3n) is 6.33. The number of benzene rings is 2. The predicted octanol–water partition coefficient (Wildman–Crippen LogP) is 4.21. The van der Waals surface area contributed by atoms with Crippen LogP contribution >= 0.6 is 11.3 Å². The Bertz CT molecular complexity index is 1160. The van der Waals surface area contributed by atoms with E-state index in [2.05, 4.69) is 33.9 Å². The molecule has 2 heterocycles. The van der Waals surface area contributed by atoms with Gasteiger partial charge < -0.3 is 25.8 Å². The van der Waals surface area contributed by atoms with Gasteiger partial charge in [0.2, 0.25) is 11.7 Å². The van der Waals surface area contributed by atoms with Gasteiger partial charge in [-0.2, -0.15) is 0 Å². The molecule has 1 amide bonds. The quantitative estimate of drug-likeness (QED) is 0.455. The van der Waals surface area contributed by atoms with Crippen LogP contribution in [0.2, 0.25) is 0 Å². The molecule has 0 unspecified atom stereocenters. The number of anilines is 5. The van der Waals surface area contributed by atoms with Gasteiger partial charge in [-0.05, 0) is 62.4 Å². The number of nitrogens with two attached hydrogens (primary N) is 1. The first-order valence-corrected chi connectivity index (χ1v) is 12.7. The molecule has 8 nitrogen and oxygen atoms in total. The number of carbonyl (C=O) groups excluding carboxylic acids is 2. The van der Waals surface area contributed by atoms with Crippen molar-refractivity contribution in [3.8, 4) is 0 Å². The summed E-state index contributed by atoms with van der Waals surface area (Å²) in [6.45, 7) is 10.8. The van der Waals surface area contributed by atoms with Crippen molar-refractivity contribution in [2.75, 3.05) is 60.1 Å². The van der Waals surface area contributed by atoms with Gasteiger partial charge in [-0.25, -0.2) is 4.98 Å². The third kappa shape index (κ3) is 5.57. The Morgan fingerprint density at radius 1 is 1.00 bits per heavy atom. The number of carbonyl (C=O) groups is 2. The first-order valence-electron chi connectivity index (χ1n) is 11.9. The summed E-state index contributed by atoms with van der Waals surface area (Å²) in [6, 6.07) is 15.7. The first-order chi connectivity index (χ1) is 16.9. The lowest BCUT2D eigenvalue weighted by Crippen LogP contribution is -2.48. The van der Waals surface area contributed by atoms with E-state index < -0.39 is 0 Å². The summed E-state index contributed by atoms with van der Waals surface area (Å²) in [5.41, 5.74) is 9.77. The Balaban J connectivity index is 1.40. The van der Waals surface area contributed by atoms with Crippen LogP contribution in [0.5, 0.6) is 0 Å². The molecule has 0 atom stereocenters. The number of rotatable bonds is 8. The predicted molar refractivity (Wildman–Crippen MR) is 144 cm³/mol. The van der Waals surface area contributed by atoms with Crippen LogP contribution in [0.3, 0.4) is 0 Å². The van der Waals surface area contributed by atoms with Gasteiger partial charge in [0.15, 0.2) is 5.13 Å². The lowest BCUT2D eigenvalue weighted by atomic mass is 10.1. The van der Waals surface area contributed by atoms with E-state index in [9.17, 15) is 9.59 Å². The molecule has 0 bridgehead atoms. The van der Waals surface area contributed by atoms with Crippen molar-refractivity contribution < 1.29 is 9.59 Å². The van der Waals surface area contributed by atoms with Gasteiger partial charge in [0, 0.05) is 68.8 Å². The van der Waals surface area contributed by atoms with Gasteiger partial charge in [0.05, 0.1) is 0 Å². The van der Waals surface area contributed by atoms with Crippen LogP contribution in [0.4, 0.5) is 28.0 Å². The minimum Gasteiger partial charge on any atom is -0.382 e. The fourth-order valence-electron chi connectivity index (χ4n) is 4.25. The van der Waals surface area contributed by atoms with E-state index in [0.29, 0.717) is 15.6 Å². The van der Waals surface area contributed by atoms with Crippen molar-refractivity contribution in [1.82, 2.24) is 9.88 Å². The number of thiazole rings is 1. The fraction of sp³-hybridized carbons (Fsp3) is 0.346. The summed E-state index contributed by atoms with van der Waals surface area (Å²) in [4.78, 5) is 35.8. The zero-order valence-electron chi connectivity index (χ0n) is 20.5. The number of hydrogen-bond acceptors (Lipinski definition) is 8. The SMILES string of the molecule is CCN(CC)c1ccc(C(=O)c2sc(Nc3ccc(N4CCN(C(C)=O)CC4)cc3)nc2N)cc1. The lowest BCUT2D eigenvalue weighted by molar-refractivity contribution is -0.129. The van der Waals surface area contributed by atoms with Crippen LogP contribution in [0.1, 0.15) is 36.0 Å². The van der Waals surface area contributed by atoms with Gasteiger partial charge in [-0.15, -0.1) is 0 Å². The standard InChI is InChI=1S/C26H32N6O2S/c1-4-30(5-2)21-10-6-19(7-11-21)23(34)24-25(27)29-26(35-24)28-20-8-12-22(13-9-20)32-16-14-31(15-17-32)18(3)33/h6-13H,4-5,14-17,27H2,1-3H3,(H,28,29). The second-order valence-corrected chi connectivity index (χ2v) is 9.45. The van der Waals surface area contributed by atoms with E-state index in [1.54, 1.807) is 6.92 Å². The Morgan fingerprint density at radius 3 is 2.20 bits per heavy atom. The highest BCUT2D eigenvalue weighted by Gasteiger charge is 2.20. The largest absolute Gasteiger partial charge is 0.382 e. The Kier molecular flexibility index (Phi) is 7.55. The molecule has 3 N–H and O–H groups in total. The minimum absolute atomic E-state index is 0.126. The molecule has 1 fully saturated rings. The molecule has 1 aromatic heterocycles. The van der Waals surface area contributed by atoms with Crippen molar-refractivity contribution in [3.05, 3.63) is 59.0 Å². The normalized spacial score (nSPS) is 13.6. The van der Waals surface area contributed by atoms with Crippen LogP contribution in [-0.4, -0.2) is 60.8 Å². The second-order valence-electron chi connectivity index (χ2n) is 8.45. The van der Waals surface area contributed by atoms with Crippen LogP contribution in [0, 0.1) is 0 Å². The van der Waals surface area contributed by atoms with E-state index in [-0.39, 0.29) is 17.5 Å². The Labute approximate surface area is 210 Å². The molecular weight excluding hydrogens is 460 g/mol. The second kappa shape index (κ2) is 10.8. The van der Waals surface area contributed by atoms with E-state index in [0.717, 1.165) is 56.3 Å². The minimum atomic E-state index is -0.126. The van der Waals surface area contributed by atoms with Gasteiger partial charge in [0.1, 0.15) is 10.7 Å². The average molecular weight is 493 g/mol. The van der Waals surface area contributed by atoms with Crippen LogP contribution < -0.4 is 20.9 Å². The van der Waals surface area contributed by atoms with Crippen molar-refractivity contribution in [2.24, 2.45) is 0 Å². The lowest BCUT2D eigenvalue weighted by Gasteiger charge is -2.35. The van der Waals surface area contributed by atoms with Crippen LogP contribution in [-0.2, 0) is 4.79 Å². The number of ketones is 1. The van der Waals surface area contributed by atoms with Gasteiger partial charge in [-0.1, -0.05) is 11.3 Å². The molecule has 0 saturated carbocycles. The summed E-state index contributed by atoms with van der Waals surface area (Å²) in [5.74, 6) is 0.232. The van der Waals surface area contributed by atoms with Crippen molar-refractivity contribution in [1.29, 1.82) is 0 Å². The maximum Gasteiger partial charge on any atom is 0.219 e. The number of amides is 1. The Morgan fingerprint density at radius 2 is 1.63 bits per heavy atom. The number of nitrogens with one attached hydrogen (secondary N) is 1. The van der Waals surface area contributed by atoms with Crippen molar-refractivity contribution in [2.45, 2.75) is 20.8 Å². The number of piperazine rings is 1. The topological polar surface area (TPSA) is 94.8 Å². The van der Waals surface area contributed by atoms with Gasteiger partial charge in [0.25, 0.3) is 0 Å². The van der Waals surface area contributed by atoms with Gasteiger partial charge >= 0.3 is 0 Å². The zero-order chi connectivity index (χ0) is 24.9. The van der Waals surface area contributed by atoms with Crippen molar-refractivity contribution in [3.63, 3.8) is 0 Å². The summed E-state index contributed by atoms with van der Waals surface area (Å²) in [6.07, 6.45) is 0. The van der Waals surface area contributed by atoms with Crippen molar-refractivity contribution >= 4 is 51.0 Å². The van der Waals surface area contributed by atoms with E-state index >= 15 is 0 Å². The third-order valence-corrected chi connectivity index (χ3v) is 7.31. The molecule has 1 aliphatic heterocycles. The smallest absolute Gasteiger partial charge is 0.219 e. The van der Waals surface area contributed by atoms with Gasteiger partial charge in [-0.3, -0.25) is 9.59 Å². The van der Waals surface area contributed by atoms with E-state index in [4.69, 9.17) is 5.73 Å². The number of nitrogen functional groups attached to an aromatic ring is 1. The zero-order valence-corrected chi connectivity index (χ0v) is 21.3. The molecule has 3 aromatic rings. The summed E-state index contributed by atoms with van der Waals surface area (Å²) >= 11 is 1.26. The monoisotopic (exact) mass is 492 g/mol. The molecule has 35 heavy (non-hydrogen) atoms. The van der Waals surface area contributed by atoms with E-state index in [1.165, 1.54) is 11.3 Å². The molecule has 2 aromatic carbocycles. The number of aromatic nitrogens is 1.